The molecule has 0 spiro atoms. The van der Waals surface area contributed by atoms with Gasteiger partial charge in [-0.05, 0) is 6.07 Å². The van der Waals surface area contributed by atoms with E-state index >= 15 is 0 Å². The van der Waals surface area contributed by atoms with Crippen molar-refractivity contribution in [2.75, 3.05) is 0 Å². The first-order valence-electron chi connectivity index (χ1n) is 3.84. The van der Waals surface area contributed by atoms with Gasteiger partial charge in [-0.15, -0.1) is 0 Å². The highest BCUT2D eigenvalue weighted by atomic mass is 35.5. The lowest BCUT2D eigenvalue weighted by Crippen LogP contribution is -2.13. The van der Waals surface area contributed by atoms with Crippen molar-refractivity contribution < 1.29 is 4.39 Å². The van der Waals surface area contributed by atoms with Gasteiger partial charge in [-0.25, -0.2) is 4.39 Å². The lowest BCUT2D eigenvalue weighted by Gasteiger charge is -2.07. The highest BCUT2D eigenvalue weighted by Crippen LogP contribution is 2.50. The molecule has 1 aromatic carbocycles. The summed E-state index contributed by atoms with van der Waals surface area (Å²) < 4.78 is 13.7. The van der Waals surface area contributed by atoms with Crippen molar-refractivity contribution >= 4 is 11.6 Å². The van der Waals surface area contributed by atoms with E-state index in [1.807, 2.05) is 0 Å². The van der Waals surface area contributed by atoms with Crippen LogP contribution in [0.3, 0.4) is 0 Å². The zero-order valence-electron chi connectivity index (χ0n) is 6.43. The maximum Gasteiger partial charge on any atom is 0.154 e. The molecular weight excluding hydrogens is 177 g/mol. The van der Waals surface area contributed by atoms with E-state index in [2.05, 4.69) is 0 Å². The van der Waals surface area contributed by atoms with Gasteiger partial charge in [0.05, 0.1) is 0 Å². The molecule has 1 aliphatic carbocycles. The maximum absolute atomic E-state index is 13.7. The molecule has 12 heavy (non-hydrogen) atoms. The topological polar surface area (TPSA) is 26.0 Å². The standard InChI is InChI=1S/C9H9ClFN/c10-7-4-2-1-3-6(7)9(11)5-8(9)12/h1-4,8H,5,12H2/t8-,9-/m0/s1. The van der Waals surface area contributed by atoms with Crippen LogP contribution in [-0.4, -0.2) is 6.04 Å². The molecule has 1 aliphatic rings. The van der Waals surface area contributed by atoms with Gasteiger partial charge in [-0.3, -0.25) is 0 Å². The summed E-state index contributed by atoms with van der Waals surface area (Å²) in [6, 6.07) is 6.55. The van der Waals surface area contributed by atoms with Crippen molar-refractivity contribution in [2.24, 2.45) is 5.73 Å². The Bertz CT molecular complexity index is 315. The molecule has 2 N–H and O–H groups in total. The average molecular weight is 186 g/mol. The first-order valence-corrected chi connectivity index (χ1v) is 4.22. The van der Waals surface area contributed by atoms with Gasteiger partial charge in [0.15, 0.2) is 5.67 Å². The molecule has 2 rings (SSSR count). The highest BCUT2D eigenvalue weighted by molar-refractivity contribution is 6.31. The quantitative estimate of drug-likeness (QED) is 0.714. The molecule has 1 fully saturated rings. The lowest BCUT2D eigenvalue weighted by atomic mass is 10.1. The van der Waals surface area contributed by atoms with Crippen molar-refractivity contribution in [3.63, 3.8) is 0 Å². The first kappa shape index (κ1) is 8.02. The molecule has 1 saturated carbocycles. The van der Waals surface area contributed by atoms with Crippen LogP contribution >= 0.6 is 11.6 Å². The monoisotopic (exact) mass is 185 g/mol. The van der Waals surface area contributed by atoms with Gasteiger partial charge in [-0.1, -0.05) is 29.8 Å². The number of alkyl halides is 1. The fourth-order valence-electron chi connectivity index (χ4n) is 1.37. The smallest absolute Gasteiger partial charge is 0.154 e. The van der Waals surface area contributed by atoms with Crippen LogP contribution in [0.5, 0.6) is 0 Å². The molecule has 0 bridgehead atoms. The summed E-state index contributed by atoms with van der Waals surface area (Å²) in [6.45, 7) is 0. The second-order valence-electron chi connectivity index (χ2n) is 3.15. The van der Waals surface area contributed by atoms with Crippen LogP contribution in [-0.2, 0) is 5.67 Å². The Morgan fingerprint density at radius 3 is 2.58 bits per heavy atom. The van der Waals surface area contributed by atoms with Crippen LogP contribution in [0, 0.1) is 0 Å². The van der Waals surface area contributed by atoms with Crippen LogP contribution in [0.25, 0.3) is 0 Å². The van der Waals surface area contributed by atoms with E-state index in [9.17, 15) is 4.39 Å². The molecule has 3 heteroatoms. The molecule has 0 radical (unpaired) electrons. The second kappa shape index (κ2) is 2.44. The van der Waals surface area contributed by atoms with Crippen LogP contribution < -0.4 is 5.73 Å². The normalized spacial score (nSPS) is 33.4. The number of nitrogens with two attached hydrogens (primary N) is 1. The summed E-state index contributed by atoms with van der Waals surface area (Å²) >= 11 is 5.82. The fourth-order valence-corrected chi connectivity index (χ4v) is 1.66. The molecule has 2 atom stereocenters. The summed E-state index contributed by atoms with van der Waals surface area (Å²) in [5, 5.41) is 0.466. The van der Waals surface area contributed by atoms with E-state index in [1.165, 1.54) is 0 Å². The summed E-state index contributed by atoms with van der Waals surface area (Å²) in [6.07, 6.45) is 0.386. The van der Waals surface area contributed by atoms with Crippen molar-refractivity contribution in [3.05, 3.63) is 34.9 Å². The minimum atomic E-state index is -1.36. The van der Waals surface area contributed by atoms with E-state index in [-0.39, 0.29) is 6.04 Å². The zero-order valence-corrected chi connectivity index (χ0v) is 7.18. The van der Waals surface area contributed by atoms with Gasteiger partial charge in [0.25, 0.3) is 0 Å². The molecule has 0 aliphatic heterocycles. The van der Waals surface area contributed by atoms with Crippen LogP contribution in [0.2, 0.25) is 5.02 Å². The molecule has 0 saturated heterocycles. The van der Waals surface area contributed by atoms with Crippen LogP contribution in [0.4, 0.5) is 4.39 Å². The van der Waals surface area contributed by atoms with Crippen molar-refractivity contribution in [3.8, 4) is 0 Å². The van der Waals surface area contributed by atoms with Gasteiger partial charge >= 0.3 is 0 Å². The van der Waals surface area contributed by atoms with Gasteiger partial charge in [0.1, 0.15) is 0 Å². The summed E-state index contributed by atoms with van der Waals surface area (Å²) in [5.74, 6) is 0. The fraction of sp³-hybridized carbons (Fsp3) is 0.333. The van der Waals surface area contributed by atoms with Gasteiger partial charge in [0.2, 0.25) is 0 Å². The van der Waals surface area contributed by atoms with E-state index in [4.69, 9.17) is 17.3 Å². The lowest BCUT2D eigenvalue weighted by molar-refractivity contribution is 0.306. The first-order chi connectivity index (χ1) is 5.64. The number of hydrogen-bond acceptors (Lipinski definition) is 1. The van der Waals surface area contributed by atoms with E-state index in [0.717, 1.165) is 0 Å². The Labute approximate surface area is 75.3 Å². The van der Waals surface area contributed by atoms with E-state index in [0.29, 0.717) is 17.0 Å². The van der Waals surface area contributed by atoms with Gasteiger partial charge in [-0.2, -0.15) is 0 Å². The summed E-state index contributed by atoms with van der Waals surface area (Å²) in [5.41, 5.74) is 4.63. The highest BCUT2D eigenvalue weighted by Gasteiger charge is 2.55. The molecule has 0 unspecified atom stereocenters. The van der Waals surface area contributed by atoms with Crippen LogP contribution in [0.1, 0.15) is 12.0 Å². The summed E-state index contributed by atoms with van der Waals surface area (Å²) in [7, 11) is 0. The minimum absolute atomic E-state index is 0.377. The van der Waals surface area contributed by atoms with Crippen molar-refractivity contribution in [1.29, 1.82) is 0 Å². The van der Waals surface area contributed by atoms with Crippen molar-refractivity contribution in [2.45, 2.75) is 18.1 Å². The Balaban J connectivity index is 2.41. The molecule has 1 aromatic rings. The number of hydrogen-bond donors (Lipinski definition) is 1. The van der Waals surface area contributed by atoms with E-state index < -0.39 is 5.67 Å². The molecule has 1 nitrogen and oxygen atoms in total. The largest absolute Gasteiger partial charge is 0.325 e. The number of halogens is 2. The maximum atomic E-state index is 13.7. The molecule has 0 amide bonds. The SMILES string of the molecule is N[C@H]1C[C@]1(F)c1ccccc1Cl. The Hall–Kier alpha value is -0.600. The zero-order chi connectivity index (χ0) is 8.77. The van der Waals surface area contributed by atoms with Crippen molar-refractivity contribution in [1.82, 2.24) is 0 Å². The number of benzene rings is 1. The van der Waals surface area contributed by atoms with E-state index in [1.54, 1.807) is 24.3 Å². The molecule has 64 valence electrons. The predicted molar refractivity (Wildman–Crippen MR) is 46.8 cm³/mol. The Kier molecular flexibility index (Phi) is 1.63. The third-order valence-corrected chi connectivity index (χ3v) is 2.60. The molecule has 0 aromatic heterocycles. The molecular formula is C9H9ClFN. The van der Waals surface area contributed by atoms with Gasteiger partial charge < -0.3 is 5.73 Å². The minimum Gasteiger partial charge on any atom is -0.325 e. The third-order valence-electron chi connectivity index (χ3n) is 2.27. The predicted octanol–water partition coefficient (Wildman–Crippen LogP) is 2.24. The Morgan fingerprint density at radius 1 is 1.50 bits per heavy atom. The summed E-state index contributed by atoms with van der Waals surface area (Å²) in [4.78, 5) is 0. The number of rotatable bonds is 1. The third kappa shape index (κ3) is 1.03. The second-order valence-corrected chi connectivity index (χ2v) is 3.56. The Morgan fingerprint density at radius 2 is 2.08 bits per heavy atom. The average Bonchev–Trinajstić information content (AvgIpc) is 2.61. The van der Waals surface area contributed by atoms with Crippen LogP contribution in [0.15, 0.2) is 24.3 Å². The van der Waals surface area contributed by atoms with Gasteiger partial charge in [0, 0.05) is 23.0 Å². The molecule has 0 heterocycles.